The molecule has 0 aliphatic rings. The molecular weight excluding hydrogens is 376 g/mol. The van der Waals surface area contributed by atoms with Crippen molar-refractivity contribution in [1.29, 1.82) is 0 Å². The van der Waals surface area contributed by atoms with Crippen molar-refractivity contribution in [2.24, 2.45) is 0 Å². The van der Waals surface area contributed by atoms with Gasteiger partial charge in [-0.25, -0.2) is 4.98 Å². The molecule has 0 bridgehead atoms. The van der Waals surface area contributed by atoms with Gasteiger partial charge in [0.05, 0.1) is 22.8 Å². The van der Waals surface area contributed by atoms with Gasteiger partial charge in [-0.1, -0.05) is 18.2 Å². The molecule has 0 aliphatic heterocycles. The summed E-state index contributed by atoms with van der Waals surface area (Å²) in [5.41, 5.74) is 8.74. The summed E-state index contributed by atoms with van der Waals surface area (Å²) < 4.78 is 2.10. The Hall–Kier alpha value is -2.86. The number of rotatable bonds is 6. The zero-order chi connectivity index (χ0) is 22.2. The molecule has 0 saturated heterocycles. The highest BCUT2D eigenvalue weighted by molar-refractivity contribution is 6.00. The average molecular weight is 409 g/mol. The topological polar surface area (TPSA) is 70.4 Å². The number of aromatic nitrogens is 2. The molecule has 1 atom stereocenters. The van der Waals surface area contributed by atoms with Crippen LogP contribution in [-0.4, -0.2) is 45.7 Å². The predicted molar refractivity (Wildman–Crippen MR) is 122 cm³/mol. The largest absolute Gasteiger partial charge is 0.392 e. The highest BCUT2D eigenvalue weighted by Gasteiger charge is 2.21. The Kier molecular flexibility index (Phi) is 6.17. The molecule has 3 rings (SSSR count). The normalized spacial score (nSPS) is 12.3. The van der Waals surface area contributed by atoms with Gasteiger partial charge in [0.15, 0.2) is 0 Å². The number of hydrogen-bond donors (Lipinski definition) is 2. The minimum absolute atomic E-state index is 0.132. The monoisotopic (exact) mass is 408 g/mol. The van der Waals surface area contributed by atoms with Crippen LogP contribution in [0, 0.1) is 27.7 Å². The van der Waals surface area contributed by atoms with Crippen LogP contribution in [0.5, 0.6) is 0 Å². The van der Waals surface area contributed by atoms with Crippen LogP contribution in [0.3, 0.4) is 0 Å². The molecule has 0 aliphatic carbocycles. The number of nitrogens with one attached hydrogen (secondary N) is 1. The number of fused-ring (bicyclic) bond motifs is 1. The maximum Gasteiger partial charge on any atom is 0.272 e. The minimum Gasteiger partial charge on any atom is -0.392 e. The highest BCUT2D eigenvalue weighted by Crippen LogP contribution is 2.32. The quantitative estimate of drug-likeness (QED) is 0.648. The Morgan fingerprint density at radius 2 is 1.83 bits per heavy atom. The second-order valence-electron chi connectivity index (χ2n) is 8.35. The number of pyridine rings is 1. The van der Waals surface area contributed by atoms with Crippen LogP contribution in [0.2, 0.25) is 0 Å². The molecule has 1 aromatic carbocycles. The second-order valence-corrected chi connectivity index (χ2v) is 8.35. The molecule has 3 aromatic rings. The van der Waals surface area contributed by atoms with Crippen molar-refractivity contribution in [2.75, 3.05) is 19.4 Å². The first-order chi connectivity index (χ1) is 14.1. The smallest absolute Gasteiger partial charge is 0.272 e. The van der Waals surface area contributed by atoms with Crippen LogP contribution in [0.4, 0.5) is 5.69 Å². The van der Waals surface area contributed by atoms with Gasteiger partial charge in [-0.15, -0.1) is 0 Å². The fourth-order valence-corrected chi connectivity index (χ4v) is 3.89. The zero-order valence-electron chi connectivity index (χ0n) is 19.0. The van der Waals surface area contributed by atoms with E-state index in [0.29, 0.717) is 18.8 Å². The van der Waals surface area contributed by atoms with Crippen LogP contribution in [-0.2, 0) is 13.1 Å². The Balaban J connectivity index is 2.18. The fraction of sp³-hybridized carbons (Fsp3) is 0.417. The van der Waals surface area contributed by atoms with Gasteiger partial charge in [-0.3, -0.25) is 4.79 Å². The summed E-state index contributed by atoms with van der Waals surface area (Å²) in [4.78, 5) is 18.9. The van der Waals surface area contributed by atoms with Gasteiger partial charge in [-0.2, -0.15) is 0 Å². The van der Waals surface area contributed by atoms with Crippen LogP contribution in [0.15, 0.2) is 24.3 Å². The molecule has 2 heterocycles. The summed E-state index contributed by atoms with van der Waals surface area (Å²) >= 11 is 0. The second kappa shape index (κ2) is 8.48. The van der Waals surface area contributed by atoms with Crippen LogP contribution >= 0.6 is 0 Å². The first-order valence-corrected chi connectivity index (χ1v) is 10.3. The molecule has 6 nitrogen and oxygen atoms in total. The molecular formula is C24H32N4O2. The van der Waals surface area contributed by atoms with Gasteiger partial charge in [-0.05, 0) is 62.9 Å². The van der Waals surface area contributed by atoms with E-state index >= 15 is 0 Å². The number of benzene rings is 1. The Bertz CT molecular complexity index is 1080. The molecule has 30 heavy (non-hydrogen) atoms. The van der Waals surface area contributed by atoms with Gasteiger partial charge in [0, 0.05) is 32.9 Å². The lowest BCUT2D eigenvalue weighted by Crippen LogP contribution is -2.23. The first-order valence-electron chi connectivity index (χ1n) is 10.3. The Labute approximate surface area is 178 Å². The van der Waals surface area contributed by atoms with E-state index in [9.17, 15) is 9.90 Å². The van der Waals surface area contributed by atoms with Gasteiger partial charge in [0.25, 0.3) is 5.91 Å². The van der Waals surface area contributed by atoms with E-state index in [1.807, 2.05) is 19.9 Å². The average Bonchev–Trinajstić information content (AvgIpc) is 2.91. The van der Waals surface area contributed by atoms with Crippen LogP contribution < -0.4 is 5.32 Å². The van der Waals surface area contributed by atoms with Crippen molar-refractivity contribution in [2.45, 2.75) is 53.8 Å². The van der Waals surface area contributed by atoms with Gasteiger partial charge < -0.3 is 19.9 Å². The summed E-state index contributed by atoms with van der Waals surface area (Å²) in [6, 6.07) is 8.11. The molecule has 2 N–H and O–H groups in total. The maximum absolute atomic E-state index is 12.7. The molecule has 0 radical (unpaired) electrons. The molecule has 1 unspecified atom stereocenters. The van der Waals surface area contributed by atoms with E-state index in [-0.39, 0.29) is 5.91 Å². The summed E-state index contributed by atoms with van der Waals surface area (Å²) in [5.74, 6) is -0.132. The predicted octanol–water partition coefficient (Wildman–Crippen LogP) is 3.96. The molecule has 0 spiro atoms. The number of amides is 1. The van der Waals surface area contributed by atoms with Crippen molar-refractivity contribution < 1.29 is 9.90 Å². The van der Waals surface area contributed by atoms with E-state index in [1.165, 1.54) is 16.7 Å². The molecule has 2 aromatic heterocycles. The highest BCUT2D eigenvalue weighted by atomic mass is 16.3. The molecule has 0 fully saturated rings. The molecule has 1 amide bonds. The summed E-state index contributed by atoms with van der Waals surface area (Å²) in [6.45, 7) is 11.2. The van der Waals surface area contributed by atoms with E-state index in [2.05, 4.69) is 41.9 Å². The van der Waals surface area contributed by atoms with E-state index in [4.69, 9.17) is 4.98 Å². The summed E-state index contributed by atoms with van der Waals surface area (Å²) in [5, 5.41) is 13.6. The van der Waals surface area contributed by atoms with Crippen molar-refractivity contribution >= 4 is 22.6 Å². The molecule has 0 saturated carbocycles. The third-order valence-corrected chi connectivity index (χ3v) is 5.74. The van der Waals surface area contributed by atoms with Crippen molar-refractivity contribution in [3.63, 3.8) is 0 Å². The van der Waals surface area contributed by atoms with Crippen molar-refractivity contribution in [3.05, 3.63) is 57.9 Å². The zero-order valence-corrected chi connectivity index (χ0v) is 19.0. The van der Waals surface area contributed by atoms with Crippen LogP contribution in [0.1, 0.15) is 45.4 Å². The van der Waals surface area contributed by atoms with Gasteiger partial charge >= 0.3 is 0 Å². The van der Waals surface area contributed by atoms with Crippen molar-refractivity contribution in [3.8, 4) is 0 Å². The number of aryl methyl sites for hydroxylation is 3. The summed E-state index contributed by atoms with van der Waals surface area (Å²) in [7, 11) is 3.46. The van der Waals surface area contributed by atoms with Gasteiger partial charge in [0.1, 0.15) is 5.69 Å². The Morgan fingerprint density at radius 1 is 1.20 bits per heavy atom. The number of anilines is 1. The third-order valence-electron chi connectivity index (χ3n) is 5.74. The van der Waals surface area contributed by atoms with Gasteiger partial charge in [0.2, 0.25) is 0 Å². The standard InChI is InChI=1S/C24H32N4O2/c1-14-9-8-10-15(2)19(14)12-25-20-11-21(24(30)27(6)7)26-22-17(4)18(5)28(23(20)22)13-16(3)29/h8-11,16,29H,12-13H2,1-7H3,(H,25,26). The lowest BCUT2D eigenvalue weighted by Gasteiger charge is -2.17. The number of hydrogen-bond acceptors (Lipinski definition) is 4. The van der Waals surface area contributed by atoms with E-state index in [1.54, 1.807) is 25.9 Å². The molecule has 160 valence electrons. The number of carbonyl (C=O) groups is 1. The number of carbonyl (C=O) groups excluding carboxylic acids is 1. The number of nitrogens with zero attached hydrogens (tertiary/aromatic N) is 3. The van der Waals surface area contributed by atoms with E-state index in [0.717, 1.165) is 28.0 Å². The first kappa shape index (κ1) is 21.8. The number of aliphatic hydroxyl groups is 1. The van der Waals surface area contributed by atoms with Crippen molar-refractivity contribution in [1.82, 2.24) is 14.5 Å². The van der Waals surface area contributed by atoms with E-state index < -0.39 is 6.10 Å². The fourth-order valence-electron chi connectivity index (χ4n) is 3.89. The lowest BCUT2D eigenvalue weighted by molar-refractivity contribution is 0.0822. The summed E-state index contributed by atoms with van der Waals surface area (Å²) in [6.07, 6.45) is -0.492. The SMILES string of the molecule is Cc1cccc(C)c1CNc1cc(C(=O)N(C)C)nc2c(C)c(C)n(CC(C)O)c12. The third kappa shape index (κ3) is 4.05. The lowest BCUT2D eigenvalue weighted by atomic mass is 10.0. The molecule has 6 heteroatoms. The van der Waals surface area contributed by atoms with Crippen LogP contribution in [0.25, 0.3) is 11.0 Å². The Morgan fingerprint density at radius 3 is 2.40 bits per heavy atom. The number of aliphatic hydroxyl groups excluding tert-OH is 1. The maximum atomic E-state index is 12.7. The minimum atomic E-state index is -0.492.